The lowest BCUT2D eigenvalue weighted by Crippen LogP contribution is -2.47. The predicted octanol–water partition coefficient (Wildman–Crippen LogP) is -0.0523. The van der Waals surface area contributed by atoms with E-state index in [2.05, 4.69) is 21.7 Å². The monoisotopic (exact) mass is 376 g/mol. The Balaban J connectivity index is 1.39. The van der Waals surface area contributed by atoms with Crippen LogP contribution in [-0.2, 0) is 11.3 Å². The van der Waals surface area contributed by atoms with E-state index in [1.54, 1.807) is 4.90 Å². The van der Waals surface area contributed by atoms with Crippen LogP contribution in [-0.4, -0.2) is 110 Å². The quantitative estimate of drug-likeness (QED) is 0.720. The number of piperazine rings is 2. The molecule has 3 rings (SSSR count). The Morgan fingerprint density at radius 2 is 1.67 bits per heavy atom. The van der Waals surface area contributed by atoms with Crippen LogP contribution in [0.2, 0.25) is 0 Å². The van der Waals surface area contributed by atoms with E-state index in [1.165, 1.54) is 0 Å². The molecule has 2 saturated heterocycles. The second kappa shape index (κ2) is 9.50. The van der Waals surface area contributed by atoms with Gasteiger partial charge >= 0.3 is 0 Å². The van der Waals surface area contributed by atoms with Crippen molar-refractivity contribution in [3.05, 3.63) is 29.8 Å². The summed E-state index contributed by atoms with van der Waals surface area (Å²) in [5.74, 6) is 0.946. The summed E-state index contributed by atoms with van der Waals surface area (Å²) < 4.78 is 5.75. The van der Waals surface area contributed by atoms with Crippen molar-refractivity contribution in [2.75, 3.05) is 73.1 Å². The molecule has 1 amide bonds. The molecule has 0 spiro atoms. The Bertz CT molecular complexity index is 602. The molecule has 2 heterocycles. The van der Waals surface area contributed by atoms with Gasteiger partial charge in [0, 0.05) is 59.4 Å². The molecule has 7 nitrogen and oxygen atoms in total. The standard InChI is InChI=1S/C20H32N4O3/c1-21-7-10-23(11-8-21)14-18(25)16-27-19-5-3-17(4-6-19)13-24-12-9-22(2)20(26)15-24/h3-6,18,25H,7-16H2,1-2H3. The molecule has 1 aromatic carbocycles. The van der Waals surface area contributed by atoms with Gasteiger partial charge in [0.05, 0.1) is 6.54 Å². The number of rotatable bonds is 7. The lowest BCUT2D eigenvalue weighted by molar-refractivity contribution is -0.134. The van der Waals surface area contributed by atoms with Crippen LogP contribution >= 0.6 is 0 Å². The molecule has 1 N–H and O–H groups in total. The van der Waals surface area contributed by atoms with Crippen molar-refractivity contribution in [1.82, 2.24) is 19.6 Å². The summed E-state index contributed by atoms with van der Waals surface area (Å²) in [6, 6.07) is 7.95. The fourth-order valence-electron chi connectivity index (χ4n) is 3.47. The van der Waals surface area contributed by atoms with E-state index < -0.39 is 6.10 Å². The van der Waals surface area contributed by atoms with Crippen molar-refractivity contribution in [1.29, 1.82) is 0 Å². The largest absolute Gasteiger partial charge is 0.491 e. The molecule has 7 heteroatoms. The van der Waals surface area contributed by atoms with Gasteiger partial charge in [-0.05, 0) is 24.7 Å². The van der Waals surface area contributed by atoms with Gasteiger partial charge in [-0.25, -0.2) is 0 Å². The summed E-state index contributed by atoms with van der Waals surface area (Å²) in [6.45, 7) is 7.99. The van der Waals surface area contributed by atoms with Gasteiger partial charge in [0.15, 0.2) is 0 Å². The number of likely N-dealkylation sites (N-methyl/N-ethyl adjacent to an activating group) is 2. The van der Waals surface area contributed by atoms with E-state index in [4.69, 9.17) is 4.74 Å². The number of hydrogen-bond acceptors (Lipinski definition) is 6. The number of aliphatic hydroxyl groups excluding tert-OH is 1. The minimum atomic E-state index is -0.482. The summed E-state index contributed by atoms with van der Waals surface area (Å²) in [7, 11) is 3.98. The van der Waals surface area contributed by atoms with Gasteiger partial charge in [-0.3, -0.25) is 14.6 Å². The fraction of sp³-hybridized carbons (Fsp3) is 0.650. The predicted molar refractivity (Wildman–Crippen MR) is 105 cm³/mol. The zero-order chi connectivity index (χ0) is 19.2. The van der Waals surface area contributed by atoms with E-state index in [0.717, 1.165) is 57.1 Å². The molecule has 1 aromatic rings. The number of amides is 1. The number of hydrogen-bond donors (Lipinski definition) is 1. The van der Waals surface area contributed by atoms with Gasteiger partial charge in [-0.1, -0.05) is 12.1 Å². The number of aliphatic hydroxyl groups is 1. The molecule has 1 unspecified atom stereocenters. The molecule has 27 heavy (non-hydrogen) atoms. The van der Waals surface area contributed by atoms with Gasteiger partial charge in [-0.15, -0.1) is 0 Å². The van der Waals surface area contributed by atoms with Crippen molar-refractivity contribution in [3.8, 4) is 5.75 Å². The number of carbonyl (C=O) groups is 1. The summed E-state index contributed by atoms with van der Waals surface area (Å²) in [5, 5.41) is 10.2. The molecule has 0 saturated carbocycles. The topological polar surface area (TPSA) is 59.5 Å². The number of carbonyl (C=O) groups excluding carboxylic acids is 1. The van der Waals surface area contributed by atoms with E-state index in [0.29, 0.717) is 19.7 Å². The number of nitrogens with zero attached hydrogens (tertiary/aromatic N) is 4. The van der Waals surface area contributed by atoms with Gasteiger partial charge in [0.2, 0.25) is 5.91 Å². The van der Waals surface area contributed by atoms with Crippen molar-refractivity contribution >= 4 is 5.91 Å². The highest BCUT2D eigenvalue weighted by Crippen LogP contribution is 2.15. The van der Waals surface area contributed by atoms with Crippen LogP contribution in [0.1, 0.15) is 5.56 Å². The highest BCUT2D eigenvalue weighted by Gasteiger charge is 2.21. The summed E-state index contributed by atoms with van der Waals surface area (Å²) in [4.78, 5) is 20.3. The highest BCUT2D eigenvalue weighted by molar-refractivity contribution is 5.78. The molecule has 0 radical (unpaired) electrons. The molecule has 0 aromatic heterocycles. The molecule has 2 fully saturated rings. The molecular formula is C20H32N4O3. The molecule has 0 bridgehead atoms. The summed E-state index contributed by atoms with van der Waals surface area (Å²) >= 11 is 0. The molecule has 0 aliphatic carbocycles. The van der Waals surface area contributed by atoms with Gasteiger partial charge in [0.25, 0.3) is 0 Å². The fourth-order valence-corrected chi connectivity index (χ4v) is 3.47. The minimum Gasteiger partial charge on any atom is -0.491 e. The molecule has 2 aliphatic heterocycles. The Hall–Kier alpha value is -1.67. The second-order valence-electron chi connectivity index (χ2n) is 7.74. The smallest absolute Gasteiger partial charge is 0.236 e. The van der Waals surface area contributed by atoms with Crippen LogP contribution < -0.4 is 4.74 Å². The van der Waals surface area contributed by atoms with Crippen molar-refractivity contribution in [2.45, 2.75) is 12.6 Å². The van der Waals surface area contributed by atoms with Crippen molar-refractivity contribution in [2.24, 2.45) is 0 Å². The highest BCUT2D eigenvalue weighted by atomic mass is 16.5. The number of β-amino-alcohol motifs (C(OH)–C–C–N with tert-alkyl or cyclic N) is 1. The van der Waals surface area contributed by atoms with E-state index in [9.17, 15) is 9.90 Å². The molecule has 150 valence electrons. The maximum atomic E-state index is 11.8. The lowest BCUT2D eigenvalue weighted by Gasteiger charge is -2.33. The van der Waals surface area contributed by atoms with Crippen LogP contribution in [0.4, 0.5) is 0 Å². The zero-order valence-corrected chi connectivity index (χ0v) is 16.5. The Morgan fingerprint density at radius 3 is 2.33 bits per heavy atom. The lowest BCUT2D eigenvalue weighted by atomic mass is 10.2. The maximum Gasteiger partial charge on any atom is 0.236 e. The average molecular weight is 377 g/mol. The Morgan fingerprint density at radius 1 is 1.00 bits per heavy atom. The molecule has 1 atom stereocenters. The minimum absolute atomic E-state index is 0.176. The first-order chi connectivity index (χ1) is 13.0. The van der Waals surface area contributed by atoms with E-state index in [1.807, 2.05) is 31.3 Å². The Kier molecular flexibility index (Phi) is 7.07. The second-order valence-corrected chi connectivity index (χ2v) is 7.74. The third-order valence-corrected chi connectivity index (χ3v) is 5.37. The van der Waals surface area contributed by atoms with Crippen LogP contribution in [0.15, 0.2) is 24.3 Å². The van der Waals surface area contributed by atoms with Crippen LogP contribution in [0.5, 0.6) is 5.75 Å². The average Bonchev–Trinajstić information content (AvgIpc) is 2.66. The van der Waals surface area contributed by atoms with Crippen LogP contribution in [0.3, 0.4) is 0 Å². The summed E-state index contributed by atoms with van der Waals surface area (Å²) in [6.07, 6.45) is -0.482. The number of ether oxygens (including phenoxy) is 1. The van der Waals surface area contributed by atoms with Gasteiger partial charge in [0.1, 0.15) is 18.5 Å². The first-order valence-corrected chi connectivity index (χ1v) is 9.76. The van der Waals surface area contributed by atoms with E-state index >= 15 is 0 Å². The molecule has 2 aliphatic rings. The zero-order valence-electron chi connectivity index (χ0n) is 16.5. The van der Waals surface area contributed by atoms with E-state index in [-0.39, 0.29) is 5.91 Å². The first kappa shape index (κ1) is 20.1. The van der Waals surface area contributed by atoms with Crippen molar-refractivity contribution in [3.63, 3.8) is 0 Å². The third-order valence-electron chi connectivity index (χ3n) is 5.37. The molecular weight excluding hydrogens is 344 g/mol. The van der Waals surface area contributed by atoms with Gasteiger partial charge in [-0.2, -0.15) is 0 Å². The normalized spacial score (nSPS) is 21.4. The maximum absolute atomic E-state index is 11.8. The Labute approximate surface area is 162 Å². The first-order valence-electron chi connectivity index (χ1n) is 9.76. The third kappa shape index (κ3) is 6.17. The SMILES string of the molecule is CN1CCN(CC(O)COc2ccc(CN3CCN(C)C(=O)C3)cc2)CC1. The van der Waals surface area contributed by atoms with Gasteiger partial charge < -0.3 is 19.6 Å². The van der Waals surface area contributed by atoms with Crippen LogP contribution in [0.25, 0.3) is 0 Å². The number of benzene rings is 1. The van der Waals surface area contributed by atoms with Crippen LogP contribution in [0, 0.1) is 0 Å². The van der Waals surface area contributed by atoms with Crippen molar-refractivity contribution < 1.29 is 14.6 Å². The summed E-state index contributed by atoms with van der Waals surface area (Å²) in [5.41, 5.74) is 1.16.